The Morgan fingerprint density at radius 3 is 2.70 bits per heavy atom. The molecule has 2 amide bonds. The van der Waals surface area contributed by atoms with Gasteiger partial charge in [0.2, 0.25) is 0 Å². The van der Waals surface area contributed by atoms with Gasteiger partial charge in [-0.1, -0.05) is 30.3 Å². The molecule has 0 saturated carbocycles. The average molecular weight is 310 g/mol. The summed E-state index contributed by atoms with van der Waals surface area (Å²) in [5.74, 6) is -0.890. The molecule has 7 heteroatoms. The van der Waals surface area contributed by atoms with E-state index in [0.717, 1.165) is 0 Å². The summed E-state index contributed by atoms with van der Waals surface area (Å²) >= 11 is 0. The normalized spacial score (nSPS) is 17.1. The third-order valence-electron chi connectivity index (χ3n) is 3.41. The van der Waals surface area contributed by atoms with Crippen LogP contribution in [-0.2, 0) is 9.59 Å². The van der Waals surface area contributed by atoms with Gasteiger partial charge in [0.25, 0.3) is 11.8 Å². The Hall–Kier alpha value is -3.22. The number of aliphatic hydroxyl groups excluding tert-OH is 1. The molecule has 1 unspecified atom stereocenters. The van der Waals surface area contributed by atoms with Crippen LogP contribution in [0.1, 0.15) is 17.4 Å². The summed E-state index contributed by atoms with van der Waals surface area (Å²) in [6, 6.07) is 9.70. The molecule has 0 radical (unpaired) electrons. The molecule has 3 N–H and O–H groups in total. The van der Waals surface area contributed by atoms with Gasteiger partial charge in [0, 0.05) is 6.20 Å². The number of carbonyl (C=O) groups excluding carboxylic acids is 2. The average Bonchev–Trinajstić information content (AvgIpc) is 2.83. The van der Waals surface area contributed by atoms with Crippen LogP contribution in [0.3, 0.4) is 0 Å². The fourth-order valence-electron chi connectivity index (χ4n) is 2.34. The van der Waals surface area contributed by atoms with E-state index in [1.165, 1.54) is 12.3 Å². The maximum absolute atomic E-state index is 12.3. The van der Waals surface area contributed by atoms with E-state index in [2.05, 4.69) is 20.6 Å². The van der Waals surface area contributed by atoms with Crippen molar-refractivity contribution < 1.29 is 14.7 Å². The van der Waals surface area contributed by atoms with Crippen molar-refractivity contribution in [2.45, 2.75) is 13.0 Å². The summed E-state index contributed by atoms with van der Waals surface area (Å²) in [4.78, 5) is 32.3. The van der Waals surface area contributed by atoms with Crippen LogP contribution in [0.2, 0.25) is 0 Å². The van der Waals surface area contributed by atoms with Crippen molar-refractivity contribution in [2.24, 2.45) is 0 Å². The van der Waals surface area contributed by atoms with Crippen molar-refractivity contribution in [1.82, 2.24) is 15.3 Å². The largest absolute Gasteiger partial charge is 0.509 e. The first-order valence-electron chi connectivity index (χ1n) is 6.96. The van der Waals surface area contributed by atoms with Crippen molar-refractivity contribution in [2.75, 3.05) is 5.32 Å². The molecule has 23 heavy (non-hydrogen) atoms. The molecule has 3 rings (SSSR count). The highest BCUT2D eigenvalue weighted by Crippen LogP contribution is 2.28. The Bertz CT molecular complexity index is 802. The topological polar surface area (TPSA) is 104 Å². The van der Waals surface area contributed by atoms with Gasteiger partial charge in [-0.2, -0.15) is 0 Å². The second kappa shape index (κ2) is 5.88. The highest BCUT2D eigenvalue weighted by atomic mass is 16.3. The smallest absolute Gasteiger partial charge is 0.265 e. The van der Waals surface area contributed by atoms with E-state index >= 15 is 0 Å². The molecular formula is C16H14N4O3. The van der Waals surface area contributed by atoms with Gasteiger partial charge in [-0.25, -0.2) is 9.97 Å². The Labute approximate surface area is 132 Å². The quantitative estimate of drug-likeness (QED) is 0.744. The summed E-state index contributed by atoms with van der Waals surface area (Å²) in [6.45, 7) is 1.68. The number of hydrogen-bond acceptors (Lipinski definition) is 5. The van der Waals surface area contributed by atoms with Gasteiger partial charge in [0.15, 0.2) is 0 Å². The van der Waals surface area contributed by atoms with Crippen molar-refractivity contribution >= 4 is 17.6 Å². The molecule has 0 aliphatic carbocycles. The van der Waals surface area contributed by atoms with Crippen LogP contribution in [0.5, 0.6) is 0 Å². The number of aryl methyl sites for hydroxylation is 1. The molecule has 0 fully saturated rings. The summed E-state index contributed by atoms with van der Waals surface area (Å²) in [5, 5.41) is 15.4. The van der Waals surface area contributed by atoms with Crippen LogP contribution in [-0.4, -0.2) is 26.9 Å². The summed E-state index contributed by atoms with van der Waals surface area (Å²) < 4.78 is 0. The van der Waals surface area contributed by atoms with Gasteiger partial charge >= 0.3 is 0 Å². The molecule has 7 nitrogen and oxygen atoms in total. The van der Waals surface area contributed by atoms with Gasteiger partial charge in [0.1, 0.15) is 29.0 Å². The van der Waals surface area contributed by atoms with Crippen LogP contribution in [0.25, 0.3) is 0 Å². The molecule has 0 saturated heterocycles. The van der Waals surface area contributed by atoms with Crippen LogP contribution < -0.4 is 10.6 Å². The van der Waals surface area contributed by atoms with Crippen LogP contribution >= 0.6 is 0 Å². The molecule has 1 aromatic heterocycles. The first-order chi connectivity index (χ1) is 11.1. The number of aromatic nitrogens is 2. The Morgan fingerprint density at radius 2 is 2.00 bits per heavy atom. The second-order valence-corrected chi connectivity index (χ2v) is 5.02. The first kappa shape index (κ1) is 14.7. The predicted octanol–water partition coefficient (Wildman–Crippen LogP) is 1.41. The van der Waals surface area contributed by atoms with E-state index in [0.29, 0.717) is 11.4 Å². The monoisotopic (exact) mass is 310 g/mol. The van der Waals surface area contributed by atoms with Crippen molar-refractivity contribution in [3.8, 4) is 0 Å². The Morgan fingerprint density at radius 1 is 1.26 bits per heavy atom. The maximum atomic E-state index is 12.3. The van der Waals surface area contributed by atoms with Gasteiger partial charge in [-0.05, 0) is 18.6 Å². The van der Waals surface area contributed by atoms with Crippen molar-refractivity contribution in [3.63, 3.8) is 0 Å². The third-order valence-corrected chi connectivity index (χ3v) is 3.41. The maximum Gasteiger partial charge on any atom is 0.265 e. The minimum Gasteiger partial charge on any atom is -0.509 e. The zero-order chi connectivity index (χ0) is 16.4. The van der Waals surface area contributed by atoms with E-state index in [1.54, 1.807) is 31.2 Å². The zero-order valence-electron chi connectivity index (χ0n) is 12.3. The number of benzene rings is 1. The summed E-state index contributed by atoms with van der Waals surface area (Å²) in [5.41, 5.74) is 0.383. The number of amides is 2. The minimum absolute atomic E-state index is 0.263. The molecule has 1 aliphatic rings. The number of carbonyl (C=O) groups is 2. The first-order valence-corrected chi connectivity index (χ1v) is 6.96. The van der Waals surface area contributed by atoms with Gasteiger partial charge < -0.3 is 15.7 Å². The van der Waals surface area contributed by atoms with E-state index in [9.17, 15) is 14.7 Å². The predicted molar refractivity (Wildman–Crippen MR) is 82.4 cm³/mol. The molecule has 1 aliphatic heterocycles. The van der Waals surface area contributed by atoms with E-state index in [1.807, 2.05) is 6.07 Å². The van der Waals surface area contributed by atoms with Crippen LogP contribution in [0.15, 0.2) is 53.9 Å². The Kier molecular flexibility index (Phi) is 3.76. The fourth-order valence-corrected chi connectivity index (χ4v) is 2.34. The van der Waals surface area contributed by atoms with E-state index in [4.69, 9.17) is 0 Å². The second-order valence-electron chi connectivity index (χ2n) is 5.02. The highest BCUT2D eigenvalue weighted by Gasteiger charge is 2.36. The number of hydrogen-bond donors (Lipinski definition) is 3. The number of nitrogens with one attached hydrogen (secondary N) is 2. The summed E-state index contributed by atoms with van der Waals surface area (Å²) in [6.07, 6.45) is 1.49. The van der Waals surface area contributed by atoms with E-state index in [-0.39, 0.29) is 17.2 Å². The molecule has 2 heterocycles. The number of aliphatic hydroxyl groups is 1. The molecule has 2 aromatic rings. The molecular weight excluding hydrogens is 296 g/mol. The zero-order valence-corrected chi connectivity index (χ0v) is 12.3. The molecule has 116 valence electrons. The van der Waals surface area contributed by atoms with E-state index < -0.39 is 17.9 Å². The molecule has 0 bridgehead atoms. The lowest BCUT2D eigenvalue weighted by Gasteiger charge is -2.10. The minimum atomic E-state index is -0.725. The lowest BCUT2D eigenvalue weighted by molar-refractivity contribution is -0.120. The van der Waals surface area contributed by atoms with Gasteiger partial charge in [0.05, 0.1) is 0 Å². The number of anilines is 1. The van der Waals surface area contributed by atoms with Crippen molar-refractivity contribution in [3.05, 3.63) is 65.3 Å². The number of nitrogens with zero attached hydrogens (tertiary/aromatic N) is 2. The fraction of sp³-hybridized carbons (Fsp3) is 0.125. The third kappa shape index (κ3) is 2.89. The van der Waals surface area contributed by atoms with Crippen LogP contribution in [0.4, 0.5) is 5.82 Å². The highest BCUT2D eigenvalue weighted by molar-refractivity contribution is 6.24. The SMILES string of the molecule is Cc1nccc(NC(=O)C2=C(O)C(c3ccccc3)NC2=O)n1. The Balaban J connectivity index is 1.87. The standard InChI is InChI=1S/C16H14N4O3/c1-9-17-8-7-11(18-9)19-15(22)12-14(21)13(20-16(12)23)10-5-3-2-4-6-10/h2-8,13,21H,1H3,(H,20,23)(H,17,18,19,22). The molecule has 1 aromatic carbocycles. The van der Waals surface area contributed by atoms with Crippen LogP contribution in [0, 0.1) is 6.92 Å². The molecule has 0 spiro atoms. The van der Waals surface area contributed by atoms with Gasteiger partial charge in [-0.3, -0.25) is 9.59 Å². The van der Waals surface area contributed by atoms with Gasteiger partial charge in [-0.15, -0.1) is 0 Å². The lowest BCUT2D eigenvalue weighted by atomic mass is 10.1. The van der Waals surface area contributed by atoms with Crippen molar-refractivity contribution in [1.29, 1.82) is 0 Å². The number of rotatable bonds is 3. The lowest BCUT2D eigenvalue weighted by Crippen LogP contribution is -2.26. The summed E-state index contributed by atoms with van der Waals surface area (Å²) in [7, 11) is 0. The molecule has 1 atom stereocenters.